The van der Waals surface area contributed by atoms with Crippen LogP contribution in [-0.2, 0) is 0 Å². The normalized spacial score (nSPS) is 53.6. The van der Waals surface area contributed by atoms with Crippen LogP contribution in [-0.4, -0.2) is 22.4 Å². The van der Waals surface area contributed by atoms with Gasteiger partial charge < -0.3 is 10.2 Å². The van der Waals surface area contributed by atoms with Gasteiger partial charge in [-0.25, -0.2) is 0 Å². The molecule has 3 fully saturated rings. The van der Waals surface area contributed by atoms with E-state index in [4.69, 9.17) is 0 Å². The zero-order valence-electron chi connectivity index (χ0n) is 14.1. The van der Waals surface area contributed by atoms with Gasteiger partial charge >= 0.3 is 0 Å². The Bertz CT molecular complexity index is 476. The molecule has 3 unspecified atom stereocenters. The predicted octanol–water partition coefficient (Wildman–Crippen LogP) is 3.67. The van der Waals surface area contributed by atoms with E-state index >= 15 is 0 Å². The van der Waals surface area contributed by atoms with Gasteiger partial charge in [0.15, 0.2) is 0 Å². The van der Waals surface area contributed by atoms with Crippen molar-refractivity contribution in [2.75, 3.05) is 0 Å². The smallest absolute Gasteiger partial charge is 0.0596 e. The minimum atomic E-state index is -0.108. The van der Waals surface area contributed by atoms with Crippen molar-refractivity contribution in [1.82, 2.24) is 0 Å². The van der Waals surface area contributed by atoms with Gasteiger partial charge in [0, 0.05) is 44.1 Å². The average Bonchev–Trinajstić information content (AvgIpc) is 2.76. The van der Waals surface area contributed by atoms with E-state index < -0.39 is 0 Å². The molecule has 3 heteroatoms. The molecule has 0 aromatic carbocycles. The van der Waals surface area contributed by atoms with Crippen molar-refractivity contribution in [1.29, 1.82) is 0 Å². The van der Waals surface area contributed by atoms with Gasteiger partial charge in [0.25, 0.3) is 0 Å². The van der Waals surface area contributed by atoms with E-state index in [0.717, 1.165) is 37.5 Å². The summed E-state index contributed by atoms with van der Waals surface area (Å²) in [7, 11) is 0. The van der Waals surface area contributed by atoms with Crippen molar-refractivity contribution in [3.05, 3.63) is 11.6 Å². The Balaban J connectivity index is 0.00000144. The van der Waals surface area contributed by atoms with Gasteiger partial charge in [0.1, 0.15) is 0 Å². The molecule has 4 aliphatic carbocycles. The van der Waals surface area contributed by atoms with Crippen molar-refractivity contribution in [3.8, 4) is 0 Å². The number of hydrogen-bond donors (Lipinski definition) is 2. The molecule has 0 amide bonds. The first-order chi connectivity index (χ1) is 9.95. The van der Waals surface area contributed by atoms with Crippen LogP contribution in [0, 0.1) is 72.6 Å². The van der Waals surface area contributed by atoms with Crippen LogP contribution in [0.5, 0.6) is 0 Å². The summed E-state index contributed by atoms with van der Waals surface area (Å²) in [5.74, 6) is 2.27. The van der Waals surface area contributed by atoms with E-state index in [2.05, 4.69) is 19.9 Å². The van der Waals surface area contributed by atoms with Crippen LogP contribution in [0.4, 0.5) is 0 Å². The topological polar surface area (TPSA) is 40.5 Å². The molecule has 3 saturated carbocycles. The maximum absolute atomic E-state index is 10.5. The van der Waals surface area contributed by atoms with Crippen LogP contribution in [0.1, 0.15) is 65.2 Å². The van der Waals surface area contributed by atoms with E-state index in [9.17, 15) is 10.2 Å². The van der Waals surface area contributed by atoms with Gasteiger partial charge in [-0.2, -0.15) is 0 Å². The molecule has 2 nitrogen and oxygen atoms in total. The Kier molecular flexibility index (Phi) is 4.98. The molecular weight excluding hydrogens is 487 g/mol. The molecule has 4 aliphatic rings. The molecule has 1 radical (unpaired) electrons. The first-order valence-electron chi connectivity index (χ1n) is 9.01. The average molecular weight is 517 g/mol. The third kappa shape index (κ3) is 2.44. The Morgan fingerprint density at radius 3 is 2.55 bits per heavy atom. The minimum Gasteiger partial charge on any atom is -0.393 e. The summed E-state index contributed by atoms with van der Waals surface area (Å²) in [6, 6.07) is 0. The first kappa shape index (κ1) is 17.9. The number of aliphatic hydroxyl groups is 2. The minimum absolute atomic E-state index is 0. The molecule has 0 aromatic rings. The van der Waals surface area contributed by atoms with E-state index in [0.29, 0.717) is 11.3 Å². The Morgan fingerprint density at radius 1 is 1.00 bits per heavy atom. The fourth-order valence-corrected chi connectivity index (χ4v) is 6.61. The summed E-state index contributed by atoms with van der Waals surface area (Å²) in [5.41, 5.74) is 2.05. The summed E-state index contributed by atoms with van der Waals surface area (Å²) >= 11 is 0. The quantitative estimate of drug-likeness (QED) is 0.482. The summed E-state index contributed by atoms with van der Waals surface area (Å²) in [5, 5.41) is 20.5. The van der Waals surface area contributed by atoms with E-state index in [1.54, 1.807) is 5.57 Å². The zero-order chi connectivity index (χ0) is 14.8. The van der Waals surface area contributed by atoms with Crippen molar-refractivity contribution in [3.63, 3.8) is 0 Å². The van der Waals surface area contributed by atoms with Gasteiger partial charge in [-0.05, 0) is 80.0 Å². The summed E-state index contributed by atoms with van der Waals surface area (Å²) in [4.78, 5) is 0. The summed E-state index contributed by atoms with van der Waals surface area (Å²) in [6.07, 6.45) is 11.2. The van der Waals surface area contributed by atoms with Crippen LogP contribution in [0.2, 0.25) is 0 Å². The maximum atomic E-state index is 10.5. The molecule has 2 N–H and O–H groups in total. The van der Waals surface area contributed by atoms with E-state index in [1.807, 2.05) is 0 Å². The molecule has 4 rings (SSSR count). The Hall–Kier alpha value is 1.10. The van der Waals surface area contributed by atoms with Gasteiger partial charge in [-0.15, -0.1) is 0 Å². The van der Waals surface area contributed by atoms with E-state index in [1.165, 1.54) is 25.7 Å². The molecule has 7 atom stereocenters. The largest absolute Gasteiger partial charge is 0.393 e. The Labute approximate surface area is 170 Å². The van der Waals surface area contributed by atoms with E-state index in [-0.39, 0.29) is 61.7 Å². The second kappa shape index (κ2) is 6.12. The van der Waals surface area contributed by atoms with Crippen molar-refractivity contribution < 1.29 is 54.3 Å². The van der Waals surface area contributed by atoms with Gasteiger partial charge in [-0.1, -0.05) is 25.5 Å². The van der Waals surface area contributed by atoms with Crippen molar-refractivity contribution in [2.24, 2.45) is 28.6 Å². The third-order valence-corrected chi connectivity index (χ3v) is 8.03. The zero-order valence-corrected chi connectivity index (χ0v) is 18.8. The molecular formula is C19H30AcO2. The monoisotopic (exact) mass is 517 g/mol. The van der Waals surface area contributed by atoms with Crippen LogP contribution < -0.4 is 0 Å². The molecule has 0 spiro atoms. The molecule has 0 bridgehead atoms. The second-order valence-corrected chi connectivity index (χ2v) is 8.79. The fraction of sp³-hybridized carbons (Fsp3) is 0.895. The van der Waals surface area contributed by atoms with Gasteiger partial charge in [0.2, 0.25) is 0 Å². The van der Waals surface area contributed by atoms with Gasteiger partial charge in [0.05, 0.1) is 12.2 Å². The van der Waals surface area contributed by atoms with Crippen molar-refractivity contribution >= 4 is 0 Å². The number of rotatable bonds is 0. The first-order valence-corrected chi connectivity index (χ1v) is 9.01. The molecule has 0 saturated heterocycles. The summed E-state index contributed by atoms with van der Waals surface area (Å²) in [6.45, 7) is 4.81. The van der Waals surface area contributed by atoms with Crippen LogP contribution in [0.25, 0.3) is 0 Å². The number of aliphatic hydroxyl groups excluding tert-OH is 2. The number of fused-ring (bicyclic) bond motifs is 5. The number of hydrogen-bond acceptors (Lipinski definition) is 2. The van der Waals surface area contributed by atoms with Crippen LogP contribution in [0.15, 0.2) is 11.6 Å². The molecule has 0 aliphatic heterocycles. The second-order valence-electron chi connectivity index (χ2n) is 8.79. The summed E-state index contributed by atoms with van der Waals surface area (Å²) < 4.78 is 0. The molecule has 121 valence electrons. The van der Waals surface area contributed by atoms with Crippen LogP contribution in [0.3, 0.4) is 0 Å². The standard InChI is InChI=1S/C19H30O2.Ac/c1-18-9-7-13(20)11-12(18)3-4-14-15-5-6-17(21)19(15,2)10-8-16(14)18;/h3,13-17,20-21H,4-11H2,1-2H3;/t13-,14?,15?,16?,17-,18-,19-;/m0./s1. The van der Waals surface area contributed by atoms with Crippen molar-refractivity contribution in [2.45, 2.75) is 77.4 Å². The predicted molar refractivity (Wildman–Crippen MR) is 83.7 cm³/mol. The van der Waals surface area contributed by atoms with Gasteiger partial charge in [-0.3, -0.25) is 0 Å². The SMILES string of the molecule is C[C@]12CC[C@H](O)CC1=CCC1C2CC[C@@]2(C)C1CC[C@@H]2O.[Ac]. The molecule has 22 heavy (non-hydrogen) atoms. The maximum Gasteiger partial charge on any atom is 0.0596 e. The Morgan fingerprint density at radius 2 is 1.77 bits per heavy atom. The third-order valence-electron chi connectivity index (χ3n) is 8.03. The molecule has 0 aromatic heterocycles. The fourth-order valence-electron chi connectivity index (χ4n) is 6.61. The molecule has 0 heterocycles. The van der Waals surface area contributed by atoms with Crippen LogP contribution >= 0.6 is 0 Å². The number of allylic oxidation sites excluding steroid dienone is 1.